The van der Waals surface area contributed by atoms with E-state index in [4.69, 9.17) is 0 Å². The van der Waals surface area contributed by atoms with Gasteiger partial charge in [-0.2, -0.15) is 0 Å². The van der Waals surface area contributed by atoms with Gasteiger partial charge >= 0.3 is 0 Å². The van der Waals surface area contributed by atoms with Gasteiger partial charge in [-0.3, -0.25) is 0 Å². The smallest absolute Gasteiger partial charge is 0.0210 e. The molecule has 0 bridgehead atoms. The van der Waals surface area contributed by atoms with Crippen LogP contribution in [0.1, 0.15) is 31.2 Å². The summed E-state index contributed by atoms with van der Waals surface area (Å²) >= 11 is 3.61. The number of nitrogens with one attached hydrogen (secondary N) is 1. The molecule has 0 fully saturated rings. The van der Waals surface area contributed by atoms with E-state index in [-0.39, 0.29) is 0 Å². The molecule has 1 unspecified atom stereocenters. The summed E-state index contributed by atoms with van der Waals surface area (Å²) in [7, 11) is 2.01. The Labute approximate surface area is 95.0 Å². The first kappa shape index (κ1) is 11.7. The predicted octanol–water partition coefficient (Wildman–Crippen LogP) is 3.55. The van der Waals surface area contributed by atoms with E-state index in [0.717, 1.165) is 6.54 Å². The van der Waals surface area contributed by atoms with Gasteiger partial charge in [0.05, 0.1) is 0 Å². The third kappa shape index (κ3) is 3.10. The lowest BCUT2D eigenvalue weighted by molar-refractivity contribution is 0.574. The molecule has 1 N–H and O–H groups in total. The summed E-state index contributed by atoms with van der Waals surface area (Å²) in [6, 6.07) is 8.50. The molecule has 0 aliphatic rings. The maximum Gasteiger partial charge on any atom is 0.0210 e. The van der Waals surface area contributed by atoms with Gasteiger partial charge in [-0.1, -0.05) is 47.5 Å². The molecule has 2 heteroatoms. The van der Waals surface area contributed by atoms with Gasteiger partial charge in [0.2, 0.25) is 0 Å². The van der Waals surface area contributed by atoms with Gasteiger partial charge in [0, 0.05) is 11.0 Å². The van der Waals surface area contributed by atoms with E-state index in [2.05, 4.69) is 52.4 Å². The molecule has 0 saturated heterocycles. The Balaban J connectivity index is 2.81. The highest BCUT2D eigenvalue weighted by Gasteiger charge is 2.11. The maximum absolute atomic E-state index is 3.61. The van der Waals surface area contributed by atoms with Crippen LogP contribution in [0.3, 0.4) is 0 Å². The molecule has 1 aromatic carbocycles. The van der Waals surface area contributed by atoms with Crippen molar-refractivity contribution in [2.75, 3.05) is 13.6 Å². The minimum Gasteiger partial charge on any atom is -0.319 e. The summed E-state index contributed by atoms with van der Waals surface area (Å²) in [6.45, 7) is 3.29. The SMILES string of the molecule is CCCC(CNC)c1ccccc1Br. The standard InChI is InChI=1S/C12H18BrN/c1-3-6-10(9-14-2)11-7-4-5-8-12(11)13/h4-5,7-8,10,14H,3,6,9H2,1-2H3. The molecule has 0 aliphatic carbocycles. The van der Waals surface area contributed by atoms with Crippen molar-refractivity contribution in [2.24, 2.45) is 0 Å². The molecule has 1 atom stereocenters. The van der Waals surface area contributed by atoms with Crippen molar-refractivity contribution >= 4 is 15.9 Å². The van der Waals surface area contributed by atoms with Crippen molar-refractivity contribution in [3.05, 3.63) is 34.3 Å². The molecular weight excluding hydrogens is 238 g/mol. The quantitative estimate of drug-likeness (QED) is 0.849. The number of halogens is 1. The molecule has 0 amide bonds. The van der Waals surface area contributed by atoms with Gasteiger partial charge in [-0.25, -0.2) is 0 Å². The van der Waals surface area contributed by atoms with E-state index in [1.807, 2.05) is 7.05 Å². The van der Waals surface area contributed by atoms with Gasteiger partial charge < -0.3 is 5.32 Å². The number of benzene rings is 1. The number of hydrogen-bond acceptors (Lipinski definition) is 1. The van der Waals surface area contributed by atoms with Crippen LogP contribution >= 0.6 is 15.9 Å². The van der Waals surface area contributed by atoms with Crippen LogP contribution in [0.4, 0.5) is 0 Å². The van der Waals surface area contributed by atoms with Crippen LogP contribution < -0.4 is 5.32 Å². The Bertz CT molecular complexity index is 267. The minimum absolute atomic E-state index is 0.626. The first-order valence-corrected chi connectivity index (χ1v) is 5.98. The van der Waals surface area contributed by atoms with Crippen LogP contribution in [0, 0.1) is 0 Å². The van der Waals surface area contributed by atoms with Crippen molar-refractivity contribution < 1.29 is 0 Å². The molecule has 0 heterocycles. The second-order valence-corrected chi connectivity index (χ2v) is 4.42. The summed E-state index contributed by atoms with van der Waals surface area (Å²) in [5.41, 5.74) is 1.42. The predicted molar refractivity (Wildman–Crippen MR) is 65.7 cm³/mol. The zero-order chi connectivity index (χ0) is 10.4. The molecular formula is C12H18BrN. The Morgan fingerprint density at radius 3 is 2.64 bits per heavy atom. The number of likely N-dealkylation sites (N-methyl/N-ethyl adjacent to an activating group) is 1. The largest absolute Gasteiger partial charge is 0.319 e. The highest BCUT2D eigenvalue weighted by Crippen LogP contribution is 2.27. The van der Waals surface area contributed by atoms with Crippen molar-refractivity contribution in [1.29, 1.82) is 0 Å². The normalized spacial score (nSPS) is 12.8. The van der Waals surface area contributed by atoms with Crippen LogP contribution in [-0.4, -0.2) is 13.6 Å². The Hall–Kier alpha value is -0.340. The average Bonchev–Trinajstić information content (AvgIpc) is 2.18. The summed E-state index contributed by atoms with van der Waals surface area (Å²) in [5.74, 6) is 0.626. The van der Waals surface area contributed by atoms with E-state index in [9.17, 15) is 0 Å². The van der Waals surface area contributed by atoms with E-state index in [1.165, 1.54) is 22.9 Å². The molecule has 1 rings (SSSR count). The van der Waals surface area contributed by atoms with Crippen LogP contribution in [0.15, 0.2) is 28.7 Å². The second kappa shape index (κ2) is 6.20. The van der Waals surface area contributed by atoms with Gasteiger partial charge in [0.25, 0.3) is 0 Å². The highest BCUT2D eigenvalue weighted by molar-refractivity contribution is 9.10. The van der Waals surface area contributed by atoms with Crippen LogP contribution in [0.2, 0.25) is 0 Å². The van der Waals surface area contributed by atoms with Crippen LogP contribution in [-0.2, 0) is 0 Å². The first-order valence-electron chi connectivity index (χ1n) is 5.18. The highest BCUT2D eigenvalue weighted by atomic mass is 79.9. The van der Waals surface area contributed by atoms with Crippen molar-refractivity contribution in [3.8, 4) is 0 Å². The molecule has 14 heavy (non-hydrogen) atoms. The van der Waals surface area contributed by atoms with Gasteiger partial charge in [-0.15, -0.1) is 0 Å². The summed E-state index contributed by atoms with van der Waals surface area (Å²) in [6.07, 6.45) is 2.47. The summed E-state index contributed by atoms with van der Waals surface area (Å²) in [5, 5.41) is 3.26. The van der Waals surface area contributed by atoms with Gasteiger partial charge in [-0.05, 0) is 31.0 Å². The fourth-order valence-corrected chi connectivity index (χ4v) is 2.38. The molecule has 78 valence electrons. The molecule has 0 spiro atoms. The molecule has 0 aromatic heterocycles. The summed E-state index contributed by atoms with van der Waals surface area (Å²) in [4.78, 5) is 0. The zero-order valence-electron chi connectivity index (χ0n) is 8.89. The Morgan fingerprint density at radius 1 is 1.36 bits per heavy atom. The Morgan fingerprint density at radius 2 is 2.07 bits per heavy atom. The fourth-order valence-electron chi connectivity index (χ4n) is 1.77. The topological polar surface area (TPSA) is 12.0 Å². The van der Waals surface area contributed by atoms with E-state index in [0.29, 0.717) is 5.92 Å². The molecule has 1 nitrogen and oxygen atoms in total. The number of hydrogen-bond donors (Lipinski definition) is 1. The third-order valence-electron chi connectivity index (χ3n) is 2.43. The van der Waals surface area contributed by atoms with Crippen molar-refractivity contribution in [3.63, 3.8) is 0 Å². The number of rotatable bonds is 5. The third-order valence-corrected chi connectivity index (χ3v) is 3.15. The van der Waals surface area contributed by atoms with Crippen molar-refractivity contribution in [2.45, 2.75) is 25.7 Å². The maximum atomic E-state index is 3.61. The average molecular weight is 256 g/mol. The molecule has 0 aliphatic heterocycles. The molecule has 0 saturated carbocycles. The second-order valence-electron chi connectivity index (χ2n) is 3.56. The zero-order valence-corrected chi connectivity index (χ0v) is 10.5. The first-order chi connectivity index (χ1) is 6.79. The minimum atomic E-state index is 0.626. The van der Waals surface area contributed by atoms with Crippen LogP contribution in [0.5, 0.6) is 0 Å². The molecule has 0 radical (unpaired) electrons. The molecule has 1 aromatic rings. The summed E-state index contributed by atoms with van der Waals surface area (Å²) < 4.78 is 1.23. The lowest BCUT2D eigenvalue weighted by Crippen LogP contribution is -2.17. The van der Waals surface area contributed by atoms with Gasteiger partial charge in [0.1, 0.15) is 0 Å². The van der Waals surface area contributed by atoms with Crippen LogP contribution in [0.25, 0.3) is 0 Å². The fraction of sp³-hybridized carbons (Fsp3) is 0.500. The lowest BCUT2D eigenvalue weighted by atomic mass is 9.94. The Kier molecular flexibility index (Phi) is 5.20. The van der Waals surface area contributed by atoms with E-state index in [1.54, 1.807) is 0 Å². The van der Waals surface area contributed by atoms with E-state index >= 15 is 0 Å². The van der Waals surface area contributed by atoms with E-state index < -0.39 is 0 Å². The van der Waals surface area contributed by atoms with Gasteiger partial charge in [0.15, 0.2) is 0 Å². The van der Waals surface area contributed by atoms with Crippen molar-refractivity contribution in [1.82, 2.24) is 5.32 Å². The lowest BCUT2D eigenvalue weighted by Gasteiger charge is -2.17. The monoisotopic (exact) mass is 255 g/mol.